The van der Waals surface area contributed by atoms with Crippen LogP contribution in [0.3, 0.4) is 0 Å². The van der Waals surface area contributed by atoms with E-state index in [1.807, 2.05) is 0 Å². The molecule has 0 radical (unpaired) electrons. The Bertz CT molecular complexity index is 393. The number of carbonyl (C=O) groups excluding carboxylic acids is 1. The van der Waals surface area contributed by atoms with Crippen molar-refractivity contribution >= 4 is 11.7 Å². The highest BCUT2D eigenvalue weighted by Gasteiger charge is 2.07. The third kappa shape index (κ3) is 6.47. The van der Waals surface area contributed by atoms with Crippen LogP contribution in [0.15, 0.2) is 12.1 Å². The van der Waals surface area contributed by atoms with Crippen molar-refractivity contribution in [1.29, 1.82) is 0 Å². The van der Waals surface area contributed by atoms with Gasteiger partial charge in [-0.05, 0) is 30.9 Å². The van der Waals surface area contributed by atoms with E-state index in [0.29, 0.717) is 30.6 Å². The molecule has 1 aromatic rings. The lowest BCUT2D eigenvalue weighted by Gasteiger charge is -2.07. The highest BCUT2D eigenvalue weighted by Crippen LogP contribution is 2.04. The first-order valence-electron chi connectivity index (χ1n) is 6.98. The van der Waals surface area contributed by atoms with Crippen molar-refractivity contribution in [3.63, 3.8) is 0 Å². The minimum atomic E-state index is -0.206. The summed E-state index contributed by atoms with van der Waals surface area (Å²) in [5.74, 6) is 1.14. The molecule has 20 heavy (non-hydrogen) atoms. The number of nitrogens with zero attached hydrogens (tertiary/aromatic N) is 2. The fraction of sp³-hybridized carbons (Fsp3) is 0.643. The maximum atomic E-state index is 11.7. The van der Waals surface area contributed by atoms with Crippen molar-refractivity contribution in [2.24, 2.45) is 5.92 Å². The maximum Gasteiger partial charge on any atom is 0.271 e. The molecule has 0 aliphatic rings. The van der Waals surface area contributed by atoms with Crippen LogP contribution in [-0.2, 0) is 4.74 Å². The van der Waals surface area contributed by atoms with Crippen molar-refractivity contribution in [1.82, 2.24) is 15.5 Å². The molecule has 1 amide bonds. The summed E-state index contributed by atoms with van der Waals surface area (Å²) < 4.78 is 4.91. The molecule has 6 heteroatoms. The van der Waals surface area contributed by atoms with Gasteiger partial charge in [0.2, 0.25) is 0 Å². The molecule has 0 spiro atoms. The molecule has 0 aliphatic carbocycles. The van der Waals surface area contributed by atoms with E-state index in [4.69, 9.17) is 4.74 Å². The number of anilines is 1. The summed E-state index contributed by atoms with van der Waals surface area (Å²) in [6, 6.07) is 3.45. The Kier molecular flexibility index (Phi) is 7.57. The molecular weight excluding hydrogens is 256 g/mol. The Morgan fingerprint density at radius 2 is 2.10 bits per heavy atom. The SMILES string of the molecule is COCCCNC(=O)c1ccc(NCCC(C)C)nn1. The largest absolute Gasteiger partial charge is 0.385 e. The second kappa shape index (κ2) is 9.25. The number of carbonyl (C=O) groups is 1. The molecule has 1 aromatic heterocycles. The average Bonchev–Trinajstić information content (AvgIpc) is 2.44. The van der Waals surface area contributed by atoms with E-state index >= 15 is 0 Å². The Morgan fingerprint density at radius 1 is 1.30 bits per heavy atom. The smallest absolute Gasteiger partial charge is 0.271 e. The summed E-state index contributed by atoms with van der Waals surface area (Å²) in [6.07, 6.45) is 1.86. The van der Waals surface area contributed by atoms with Crippen molar-refractivity contribution < 1.29 is 9.53 Å². The van der Waals surface area contributed by atoms with Crippen LogP contribution in [0.5, 0.6) is 0 Å². The first-order chi connectivity index (χ1) is 9.63. The van der Waals surface area contributed by atoms with E-state index in [0.717, 1.165) is 19.4 Å². The third-order valence-corrected chi connectivity index (χ3v) is 2.74. The minimum Gasteiger partial charge on any atom is -0.385 e. The van der Waals surface area contributed by atoms with Gasteiger partial charge in [-0.15, -0.1) is 10.2 Å². The Hall–Kier alpha value is -1.69. The van der Waals surface area contributed by atoms with Crippen molar-refractivity contribution in [3.05, 3.63) is 17.8 Å². The summed E-state index contributed by atoms with van der Waals surface area (Å²) in [6.45, 7) is 6.40. The van der Waals surface area contributed by atoms with Crippen LogP contribution in [0.4, 0.5) is 5.82 Å². The molecule has 0 fully saturated rings. The number of rotatable bonds is 9. The summed E-state index contributed by atoms with van der Waals surface area (Å²) in [7, 11) is 1.64. The molecule has 0 atom stereocenters. The van der Waals surface area contributed by atoms with Gasteiger partial charge in [-0.1, -0.05) is 13.8 Å². The van der Waals surface area contributed by atoms with E-state index in [2.05, 4.69) is 34.7 Å². The molecule has 6 nitrogen and oxygen atoms in total. The number of hydrogen-bond donors (Lipinski definition) is 2. The minimum absolute atomic E-state index is 0.206. The molecular formula is C14H24N4O2. The lowest BCUT2D eigenvalue weighted by molar-refractivity contribution is 0.0942. The van der Waals surface area contributed by atoms with Gasteiger partial charge in [0.25, 0.3) is 5.91 Å². The van der Waals surface area contributed by atoms with Gasteiger partial charge in [0.05, 0.1) is 0 Å². The van der Waals surface area contributed by atoms with E-state index in [9.17, 15) is 4.79 Å². The van der Waals surface area contributed by atoms with Gasteiger partial charge in [0.1, 0.15) is 5.82 Å². The van der Waals surface area contributed by atoms with Gasteiger partial charge < -0.3 is 15.4 Å². The summed E-state index contributed by atoms with van der Waals surface area (Å²) in [5.41, 5.74) is 0.330. The fourth-order valence-electron chi connectivity index (χ4n) is 1.55. The van der Waals surface area contributed by atoms with Crippen LogP contribution in [-0.4, -0.2) is 42.9 Å². The topological polar surface area (TPSA) is 76.1 Å². The van der Waals surface area contributed by atoms with Crippen molar-refractivity contribution in [2.45, 2.75) is 26.7 Å². The van der Waals surface area contributed by atoms with E-state index in [-0.39, 0.29) is 5.91 Å². The average molecular weight is 280 g/mol. The van der Waals surface area contributed by atoms with Gasteiger partial charge >= 0.3 is 0 Å². The van der Waals surface area contributed by atoms with Crippen LogP contribution >= 0.6 is 0 Å². The zero-order valence-corrected chi connectivity index (χ0v) is 12.5. The highest BCUT2D eigenvalue weighted by molar-refractivity contribution is 5.92. The van der Waals surface area contributed by atoms with Crippen molar-refractivity contribution in [3.8, 4) is 0 Å². The zero-order valence-electron chi connectivity index (χ0n) is 12.5. The molecule has 0 unspecified atom stereocenters. The standard InChI is InChI=1S/C14H24N4O2/c1-11(2)7-9-15-13-6-5-12(17-18-13)14(19)16-8-4-10-20-3/h5-6,11H,4,7-10H2,1-3H3,(H,15,18)(H,16,19). The van der Waals surface area contributed by atoms with Gasteiger partial charge in [-0.25, -0.2) is 0 Å². The molecule has 0 aromatic carbocycles. The lowest BCUT2D eigenvalue weighted by Crippen LogP contribution is -2.26. The lowest BCUT2D eigenvalue weighted by atomic mass is 10.1. The third-order valence-electron chi connectivity index (χ3n) is 2.74. The molecule has 0 saturated carbocycles. The predicted octanol–water partition coefficient (Wildman–Crippen LogP) is 1.70. The fourth-order valence-corrected chi connectivity index (χ4v) is 1.55. The van der Waals surface area contributed by atoms with Crippen LogP contribution in [0.25, 0.3) is 0 Å². The summed E-state index contributed by atoms with van der Waals surface area (Å²) in [5, 5.41) is 13.9. The molecule has 1 rings (SSSR count). The van der Waals surface area contributed by atoms with E-state index in [1.165, 1.54) is 0 Å². The Balaban J connectivity index is 2.35. The van der Waals surface area contributed by atoms with Crippen LogP contribution in [0.2, 0.25) is 0 Å². The first kappa shape index (κ1) is 16.4. The molecule has 1 heterocycles. The van der Waals surface area contributed by atoms with E-state index in [1.54, 1.807) is 19.2 Å². The van der Waals surface area contributed by atoms with E-state index < -0.39 is 0 Å². The van der Waals surface area contributed by atoms with Crippen LogP contribution in [0, 0.1) is 5.92 Å². The second-order valence-corrected chi connectivity index (χ2v) is 5.02. The quantitative estimate of drug-likeness (QED) is 0.673. The molecule has 112 valence electrons. The molecule has 2 N–H and O–H groups in total. The Labute approximate surface area is 120 Å². The molecule has 0 bridgehead atoms. The van der Waals surface area contributed by atoms with Crippen LogP contribution in [0.1, 0.15) is 37.2 Å². The molecule has 0 aliphatic heterocycles. The van der Waals surface area contributed by atoms with Crippen LogP contribution < -0.4 is 10.6 Å². The molecule has 0 saturated heterocycles. The number of aromatic nitrogens is 2. The highest BCUT2D eigenvalue weighted by atomic mass is 16.5. The number of methoxy groups -OCH3 is 1. The summed E-state index contributed by atoms with van der Waals surface area (Å²) in [4.78, 5) is 11.7. The number of amides is 1. The normalized spacial score (nSPS) is 10.6. The second-order valence-electron chi connectivity index (χ2n) is 5.02. The Morgan fingerprint density at radius 3 is 2.70 bits per heavy atom. The maximum absolute atomic E-state index is 11.7. The number of hydrogen-bond acceptors (Lipinski definition) is 5. The van der Waals surface area contributed by atoms with Gasteiger partial charge in [0, 0.05) is 26.8 Å². The monoisotopic (exact) mass is 280 g/mol. The number of nitrogens with one attached hydrogen (secondary N) is 2. The van der Waals surface area contributed by atoms with Crippen molar-refractivity contribution in [2.75, 3.05) is 32.1 Å². The predicted molar refractivity (Wildman–Crippen MR) is 78.8 cm³/mol. The van der Waals surface area contributed by atoms with Gasteiger partial charge in [-0.3, -0.25) is 4.79 Å². The number of ether oxygens (including phenoxy) is 1. The van der Waals surface area contributed by atoms with Gasteiger partial charge in [0.15, 0.2) is 5.69 Å². The van der Waals surface area contributed by atoms with Gasteiger partial charge in [-0.2, -0.15) is 0 Å². The first-order valence-corrected chi connectivity index (χ1v) is 6.98. The zero-order chi connectivity index (χ0) is 14.8. The summed E-state index contributed by atoms with van der Waals surface area (Å²) >= 11 is 0.